The van der Waals surface area contributed by atoms with Crippen LogP contribution in [0.5, 0.6) is 0 Å². The second-order valence-corrected chi connectivity index (χ2v) is 8.48. The van der Waals surface area contributed by atoms with Gasteiger partial charge in [0.15, 0.2) is 0 Å². The lowest BCUT2D eigenvalue weighted by Crippen LogP contribution is -2.47. The summed E-state index contributed by atoms with van der Waals surface area (Å²) in [7, 11) is 0. The van der Waals surface area contributed by atoms with Crippen molar-refractivity contribution in [1.82, 2.24) is 10.2 Å². The smallest absolute Gasteiger partial charge is 0.221 e. The van der Waals surface area contributed by atoms with E-state index in [1.165, 1.54) is 6.92 Å². The normalized spacial score (nSPS) is 16.7. The minimum atomic E-state index is -0.115. The quantitative estimate of drug-likeness (QED) is 0.622. The topological polar surface area (TPSA) is 70.7 Å². The Balaban J connectivity index is 1.41. The summed E-state index contributed by atoms with van der Waals surface area (Å²) in [5.41, 5.74) is 2.84. The number of benzene rings is 2. The van der Waals surface area contributed by atoms with Crippen LogP contribution in [-0.4, -0.2) is 49.1 Å². The van der Waals surface area contributed by atoms with E-state index in [-0.39, 0.29) is 17.9 Å². The van der Waals surface area contributed by atoms with E-state index in [2.05, 4.69) is 15.5 Å². The van der Waals surface area contributed by atoms with E-state index in [0.717, 1.165) is 36.4 Å². The molecule has 31 heavy (non-hydrogen) atoms. The fourth-order valence-corrected chi connectivity index (χ4v) is 3.85. The Labute approximate surface area is 192 Å². The van der Waals surface area contributed by atoms with Gasteiger partial charge in [-0.15, -0.1) is 0 Å². The van der Waals surface area contributed by atoms with E-state index in [0.29, 0.717) is 36.0 Å². The Morgan fingerprint density at radius 2 is 1.97 bits per heavy atom. The second-order valence-electron chi connectivity index (χ2n) is 7.66. The van der Waals surface area contributed by atoms with E-state index in [4.69, 9.17) is 27.9 Å². The summed E-state index contributed by atoms with van der Waals surface area (Å²) in [5.74, 6) is -0.134. The van der Waals surface area contributed by atoms with Crippen LogP contribution in [0.3, 0.4) is 0 Å². The van der Waals surface area contributed by atoms with Crippen LogP contribution in [0, 0.1) is 0 Å². The maximum absolute atomic E-state index is 12.3. The highest BCUT2D eigenvalue weighted by Gasteiger charge is 2.21. The van der Waals surface area contributed by atoms with Crippen molar-refractivity contribution in [3.8, 4) is 0 Å². The van der Waals surface area contributed by atoms with E-state index >= 15 is 0 Å². The lowest BCUT2D eigenvalue weighted by molar-refractivity contribution is -0.122. The van der Waals surface area contributed by atoms with Crippen molar-refractivity contribution in [2.45, 2.75) is 32.4 Å². The number of hydrogen-bond donors (Lipinski definition) is 2. The van der Waals surface area contributed by atoms with Gasteiger partial charge in [0.1, 0.15) is 0 Å². The molecule has 0 aromatic heterocycles. The lowest BCUT2D eigenvalue weighted by atomic mass is 10.1. The minimum Gasteiger partial charge on any atom is -0.374 e. The fourth-order valence-electron chi connectivity index (χ4n) is 3.53. The van der Waals surface area contributed by atoms with Gasteiger partial charge in [-0.05, 0) is 41.8 Å². The number of rotatable bonds is 8. The van der Waals surface area contributed by atoms with Gasteiger partial charge in [0.2, 0.25) is 11.8 Å². The van der Waals surface area contributed by atoms with Crippen molar-refractivity contribution in [1.29, 1.82) is 0 Å². The second kappa shape index (κ2) is 11.5. The number of ether oxygens (including phenoxy) is 1. The van der Waals surface area contributed by atoms with Gasteiger partial charge in [-0.1, -0.05) is 41.4 Å². The van der Waals surface area contributed by atoms with Crippen LogP contribution in [0.4, 0.5) is 5.69 Å². The van der Waals surface area contributed by atoms with Crippen LogP contribution in [0.15, 0.2) is 42.5 Å². The molecule has 1 fully saturated rings. The largest absolute Gasteiger partial charge is 0.374 e. The van der Waals surface area contributed by atoms with Crippen LogP contribution in [0.1, 0.15) is 24.5 Å². The first kappa shape index (κ1) is 23.5. The third kappa shape index (κ3) is 7.82. The highest BCUT2D eigenvalue weighted by atomic mass is 35.5. The van der Waals surface area contributed by atoms with Gasteiger partial charge in [-0.2, -0.15) is 0 Å². The number of hydrogen-bond acceptors (Lipinski definition) is 4. The molecule has 2 aromatic rings. The summed E-state index contributed by atoms with van der Waals surface area (Å²) in [6, 6.07) is 13.2. The van der Waals surface area contributed by atoms with Crippen molar-refractivity contribution in [3.05, 3.63) is 63.6 Å². The fraction of sp³-hybridized carbons (Fsp3) is 0.391. The third-order valence-electron chi connectivity index (χ3n) is 5.03. The minimum absolute atomic E-state index is 0.0184. The summed E-state index contributed by atoms with van der Waals surface area (Å²) < 4.78 is 5.81. The first-order valence-electron chi connectivity index (χ1n) is 10.3. The number of nitrogens with one attached hydrogen (secondary N) is 2. The number of amides is 2. The molecular formula is C23H27Cl2N3O3. The molecule has 0 bridgehead atoms. The summed E-state index contributed by atoms with van der Waals surface area (Å²) in [6.07, 6.45) is 0.931. The van der Waals surface area contributed by atoms with Crippen LogP contribution < -0.4 is 10.6 Å². The van der Waals surface area contributed by atoms with Crippen LogP contribution >= 0.6 is 23.2 Å². The Kier molecular flexibility index (Phi) is 8.72. The van der Waals surface area contributed by atoms with Crippen LogP contribution in [0.25, 0.3) is 0 Å². The van der Waals surface area contributed by atoms with E-state index in [1.807, 2.05) is 42.5 Å². The maximum atomic E-state index is 12.3. The molecule has 1 aliphatic heterocycles. The average Bonchev–Trinajstić information content (AvgIpc) is 2.73. The number of aryl methyl sites for hydroxylation is 1. The first-order chi connectivity index (χ1) is 14.9. The van der Waals surface area contributed by atoms with Gasteiger partial charge in [0.25, 0.3) is 0 Å². The molecule has 1 aliphatic rings. The number of anilines is 1. The zero-order valence-electron chi connectivity index (χ0n) is 17.5. The molecule has 8 heteroatoms. The van der Waals surface area contributed by atoms with Gasteiger partial charge in [-0.25, -0.2) is 0 Å². The van der Waals surface area contributed by atoms with Gasteiger partial charge < -0.3 is 15.4 Å². The van der Waals surface area contributed by atoms with Gasteiger partial charge in [0, 0.05) is 45.2 Å². The van der Waals surface area contributed by atoms with Gasteiger partial charge in [0.05, 0.1) is 22.8 Å². The predicted molar refractivity (Wildman–Crippen MR) is 124 cm³/mol. The molecule has 0 aliphatic carbocycles. The standard InChI is InChI=1S/C23H27Cl2N3O3/c1-16(29)27-19-4-2-3-17(11-19)6-8-23(30)26-13-20-15-28(9-10-31-20)14-18-5-7-21(24)22(25)12-18/h2-5,7,11-12,20H,6,8-10,13-15H2,1H3,(H,26,30)(H,27,29)/t20-/m0/s1. The zero-order valence-corrected chi connectivity index (χ0v) is 19.0. The summed E-state index contributed by atoms with van der Waals surface area (Å²) in [6.45, 7) is 4.89. The Bertz CT molecular complexity index is 923. The van der Waals surface area contributed by atoms with Gasteiger partial charge >= 0.3 is 0 Å². The number of carbonyl (C=O) groups is 2. The molecule has 2 N–H and O–H groups in total. The number of morpholine rings is 1. The molecule has 1 heterocycles. The zero-order chi connectivity index (χ0) is 22.2. The summed E-state index contributed by atoms with van der Waals surface area (Å²) in [4.78, 5) is 25.7. The SMILES string of the molecule is CC(=O)Nc1cccc(CCC(=O)NC[C@H]2CN(Cc3ccc(Cl)c(Cl)c3)CCO2)c1. The average molecular weight is 464 g/mol. The molecule has 2 amide bonds. The molecular weight excluding hydrogens is 437 g/mol. The third-order valence-corrected chi connectivity index (χ3v) is 5.77. The molecule has 0 spiro atoms. The monoisotopic (exact) mass is 463 g/mol. The Morgan fingerprint density at radius 3 is 2.74 bits per heavy atom. The highest BCUT2D eigenvalue weighted by molar-refractivity contribution is 6.42. The molecule has 6 nitrogen and oxygen atoms in total. The molecule has 3 rings (SSSR count). The van der Waals surface area contributed by atoms with E-state index < -0.39 is 0 Å². The Morgan fingerprint density at radius 1 is 1.13 bits per heavy atom. The number of halogens is 2. The van der Waals surface area contributed by atoms with E-state index in [9.17, 15) is 9.59 Å². The molecule has 166 valence electrons. The molecule has 0 unspecified atom stereocenters. The number of carbonyl (C=O) groups excluding carboxylic acids is 2. The van der Waals surface area contributed by atoms with Crippen molar-refractivity contribution >= 4 is 40.7 Å². The predicted octanol–water partition coefficient (Wildman–Crippen LogP) is 3.90. The maximum Gasteiger partial charge on any atom is 0.221 e. The summed E-state index contributed by atoms with van der Waals surface area (Å²) >= 11 is 12.1. The molecule has 2 aromatic carbocycles. The highest BCUT2D eigenvalue weighted by Crippen LogP contribution is 2.23. The first-order valence-corrected chi connectivity index (χ1v) is 11.1. The van der Waals surface area contributed by atoms with Gasteiger partial charge in [-0.3, -0.25) is 14.5 Å². The molecule has 0 saturated carbocycles. The van der Waals surface area contributed by atoms with Crippen molar-refractivity contribution in [3.63, 3.8) is 0 Å². The molecule has 1 saturated heterocycles. The number of nitrogens with zero attached hydrogens (tertiary/aromatic N) is 1. The van der Waals surface area contributed by atoms with Crippen LogP contribution in [0.2, 0.25) is 10.0 Å². The van der Waals surface area contributed by atoms with E-state index in [1.54, 1.807) is 0 Å². The lowest BCUT2D eigenvalue weighted by Gasteiger charge is -2.33. The molecule has 1 atom stereocenters. The van der Waals surface area contributed by atoms with Crippen molar-refractivity contribution in [2.24, 2.45) is 0 Å². The van der Waals surface area contributed by atoms with Crippen molar-refractivity contribution in [2.75, 3.05) is 31.6 Å². The summed E-state index contributed by atoms with van der Waals surface area (Å²) in [5, 5.41) is 6.83. The molecule has 0 radical (unpaired) electrons. The van der Waals surface area contributed by atoms with Crippen LogP contribution in [-0.2, 0) is 27.3 Å². The Hall–Kier alpha value is -2.12. The van der Waals surface area contributed by atoms with Crippen molar-refractivity contribution < 1.29 is 14.3 Å².